The second kappa shape index (κ2) is 5.83. The highest BCUT2D eigenvalue weighted by molar-refractivity contribution is 5.80. The van der Waals surface area contributed by atoms with Crippen molar-refractivity contribution >= 4 is 12.3 Å². The van der Waals surface area contributed by atoms with Gasteiger partial charge in [0.2, 0.25) is 0 Å². The van der Waals surface area contributed by atoms with Crippen molar-refractivity contribution in [2.45, 2.75) is 32.8 Å². The Morgan fingerprint density at radius 3 is 2.26 bits per heavy atom. The molecule has 0 fully saturated rings. The van der Waals surface area contributed by atoms with Gasteiger partial charge < -0.3 is 4.74 Å². The molecule has 0 aromatic heterocycles. The molecule has 1 rings (SSSR count). The molecule has 0 unspecified atom stereocenters. The van der Waals surface area contributed by atoms with Gasteiger partial charge in [-0.15, -0.1) is 6.58 Å². The molecule has 0 aliphatic carbocycles. The lowest BCUT2D eigenvalue weighted by Crippen LogP contribution is -2.38. The maximum Gasteiger partial charge on any atom is 0.312 e. The van der Waals surface area contributed by atoms with Gasteiger partial charge in [-0.2, -0.15) is 0 Å². The monoisotopic (exact) mass is 260 g/mol. The largest absolute Gasteiger partial charge is 0.446 e. The number of benzene rings is 1. The number of hydrogen-bond donors (Lipinski definition) is 0. The second-order valence-corrected chi connectivity index (χ2v) is 5.51. The molecular weight excluding hydrogens is 240 g/mol. The van der Waals surface area contributed by atoms with Crippen molar-refractivity contribution in [2.75, 3.05) is 0 Å². The van der Waals surface area contributed by atoms with Crippen molar-refractivity contribution in [1.82, 2.24) is 0 Å². The topological polar surface area (TPSA) is 43.4 Å². The average Bonchev–Trinajstić information content (AvgIpc) is 2.38. The van der Waals surface area contributed by atoms with Crippen molar-refractivity contribution < 1.29 is 14.3 Å². The number of esters is 1. The minimum Gasteiger partial charge on any atom is -0.446 e. The SMILES string of the molecule is C=CC[C@](C=O)(OC(=O)C(C)(C)C)c1ccccc1. The van der Waals surface area contributed by atoms with E-state index in [2.05, 4.69) is 6.58 Å². The summed E-state index contributed by atoms with van der Waals surface area (Å²) in [6, 6.07) is 9.00. The van der Waals surface area contributed by atoms with E-state index in [1.807, 2.05) is 18.2 Å². The molecule has 0 bridgehead atoms. The van der Waals surface area contributed by atoms with Crippen LogP contribution in [-0.4, -0.2) is 12.3 Å². The van der Waals surface area contributed by atoms with Gasteiger partial charge in [-0.25, -0.2) is 0 Å². The van der Waals surface area contributed by atoms with Crippen LogP contribution in [0.2, 0.25) is 0 Å². The molecule has 1 aromatic carbocycles. The first-order chi connectivity index (χ1) is 8.85. The van der Waals surface area contributed by atoms with E-state index in [9.17, 15) is 9.59 Å². The molecule has 1 aromatic rings. The lowest BCUT2D eigenvalue weighted by molar-refractivity contribution is -0.172. The number of rotatable bonds is 5. The molecule has 3 nitrogen and oxygen atoms in total. The Bertz CT molecular complexity index is 457. The summed E-state index contributed by atoms with van der Waals surface area (Å²) in [4.78, 5) is 23.6. The van der Waals surface area contributed by atoms with E-state index in [0.29, 0.717) is 11.8 Å². The molecule has 0 saturated carbocycles. The predicted octanol–water partition coefficient (Wildman–Crippen LogP) is 3.25. The number of carbonyl (C=O) groups is 2. The Balaban J connectivity index is 3.17. The van der Waals surface area contributed by atoms with E-state index in [-0.39, 0.29) is 6.42 Å². The molecule has 0 heterocycles. The Kier molecular flexibility index (Phi) is 4.65. The van der Waals surface area contributed by atoms with Crippen LogP contribution in [0.3, 0.4) is 0 Å². The molecule has 0 aliphatic heterocycles. The summed E-state index contributed by atoms with van der Waals surface area (Å²) in [6.45, 7) is 8.90. The van der Waals surface area contributed by atoms with E-state index in [4.69, 9.17) is 4.74 Å². The molecule has 0 radical (unpaired) electrons. The van der Waals surface area contributed by atoms with Gasteiger partial charge in [0.25, 0.3) is 0 Å². The van der Waals surface area contributed by atoms with Gasteiger partial charge in [-0.05, 0) is 20.8 Å². The minimum atomic E-state index is -1.28. The standard InChI is InChI=1S/C16H20O3/c1-5-11-16(12-17,13-9-7-6-8-10-13)19-14(18)15(2,3)4/h5-10,12H,1,11H2,2-4H3/t16-/m1/s1. The van der Waals surface area contributed by atoms with Gasteiger partial charge >= 0.3 is 5.97 Å². The zero-order valence-corrected chi connectivity index (χ0v) is 11.7. The minimum absolute atomic E-state index is 0.252. The van der Waals surface area contributed by atoms with Gasteiger partial charge in [-0.3, -0.25) is 9.59 Å². The van der Waals surface area contributed by atoms with Crippen LogP contribution in [0.5, 0.6) is 0 Å². The van der Waals surface area contributed by atoms with Crippen molar-refractivity contribution in [3.05, 3.63) is 48.6 Å². The summed E-state index contributed by atoms with van der Waals surface area (Å²) in [5.74, 6) is -0.412. The van der Waals surface area contributed by atoms with Gasteiger partial charge in [0.15, 0.2) is 11.9 Å². The van der Waals surface area contributed by atoms with Gasteiger partial charge in [0.1, 0.15) is 0 Å². The van der Waals surface area contributed by atoms with E-state index < -0.39 is 17.0 Å². The summed E-state index contributed by atoms with van der Waals surface area (Å²) >= 11 is 0. The van der Waals surface area contributed by atoms with E-state index in [0.717, 1.165) is 0 Å². The van der Waals surface area contributed by atoms with Crippen LogP contribution < -0.4 is 0 Å². The van der Waals surface area contributed by atoms with Gasteiger partial charge in [0, 0.05) is 12.0 Å². The molecule has 3 heteroatoms. The fourth-order valence-electron chi connectivity index (χ4n) is 1.61. The van der Waals surface area contributed by atoms with Crippen molar-refractivity contribution in [3.63, 3.8) is 0 Å². The molecule has 0 saturated heterocycles. The molecule has 19 heavy (non-hydrogen) atoms. The van der Waals surface area contributed by atoms with Crippen LogP contribution in [-0.2, 0) is 19.9 Å². The Labute approximate surface area is 114 Å². The molecule has 102 valence electrons. The number of hydrogen-bond acceptors (Lipinski definition) is 3. The highest BCUT2D eigenvalue weighted by Crippen LogP contribution is 2.31. The zero-order chi connectivity index (χ0) is 14.5. The Hall–Kier alpha value is -1.90. The highest BCUT2D eigenvalue weighted by atomic mass is 16.6. The van der Waals surface area contributed by atoms with Crippen molar-refractivity contribution in [1.29, 1.82) is 0 Å². The summed E-state index contributed by atoms with van der Waals surface area (Å²) in [7, 11) is 0. The van der Waals surface area contributed by atoms with Gasteiger partial charge in [0.05, 0.1) is 5.41 Å². The normalized spacial score (nSPS) is 14.3. The van der Waals surface area contributed by atoms with E-state index in [1.165, 1.54) is 0 Å². The number of aldehydes is 1. The maximum atomic E-state index is 12.1. The first kappa shape index (κ1) is 15.2. The predicted molar refractivity (Wildman–Crippen MR) is 74.5 cm³/mol. The van der Waals surface area contributed by atoms with Crippen LogP contribution in [0.4, 0.5) is 0 Å². The summed E-state index contributed by atoms with van der Waals surface area (Å²) in [6.07, 6.45) is 2.51. The smallest absolute Gasteiger partial charge is 0.312 e. The highest BCUT2D eigenvalue weighted by Gasteiger charge is 2.38. The van der Waals surface area contributed by atoms with Crippen LogP contribution >= 0.6 is 0 Å². The van der Waals surface area contributed by atoms with Crippen molar-refractivity contribution in [3.8, 4) is 0 Å². The maximum absolute atomic E-state index is 12.1. The Morgan fingerprint density at radius 2 is 1.84 bits per heavy atom. The van der Waals surface area contributed by atoms with Crippen molar-refractivity contribution in [2.24, 2.45) is 5.41 Å². The third kappa shape index (κ3) is 3.53. The Morgan fingerprint density at radius 1 is 1.26 bits per heavy atom. The van der Waals surface area contributed by atoms with Crippen LogP contribution in [0, 0.1) is 5.41 Å². The van der Waals surface area contributed by atoms with Crippen LogP contribution in [0.15, 0.2) is 43.0 Å². The molecule has 1 atom stereocenters. The molecule has 0 amide bonds. The molecule has 0 aliphatic rings. The van der Waals surface area contributed by atoms with Crippen LogP contribution in [0.1, 0.15) is 32.8 Å². The summed E-state index contributed by atoms with van der Waals surface area (Å²) in [5, 5.41) is 0. The van der Waals surface area contributed by atoms with E-state index in [1.54, 1.807) is 39.0 Å². The first-order valence-electron chi connectivity index (χ1n) is 6.22. The molecule has 0 N–H and O–H groups in total. The number of ether oxygens (including phenoxy) is 1. The molecule has 0 spiro atoms. The average molecular weight is 260 g/mol. The third-order valence-corrected chi connectivity index (χ3v) is 2.79. The second-order valence-electron chi connectivity index (χ2n) is 5.51. The number of carbonyl (C=O) groups excluding carboxylic acids is 2. The summed E-state index contributed by atoms with van der Waals surface area (Å²) in [5.41, 5.74) is -1.29. The zero-order valence-electron chi connectivity index (χ0n) is 11.7. The van der Waals surface area contributed by atoms with Crippen LogP contribution in [0.25, 0.3) is 0 Å². The van der Waals surface area contributed by atoms with Gasteiger partial charge in [-0.1, -0.05) is 36.4 Å². The quantitative estimate of drug-likeness (QED) is 0.463. The summed E-state index contributed by atoms with van der Waals surface area (Å²) < 4.78 is 5.50. The lowest BCUT2D eigenvalue weighted by Gasteiger charge is -2.30. The fourth-order valence-corrected chi connectivity index (χ4v) is 1.61. The third-order valence-electron chi connectivity index (χ3n) is 2.79. The lowest BCUT2D eigenvalue weighted by atomic mass is 9.90. The molecular formula is C16H20O3. The first-order valence-corrected chi connectivity index (χ1v) is 6.22. The fraction of sp³-hybridized carbons (Fsp3) is 0.375. The van der Waals surface area contributed by atoms with E-state index >= 15 is 0 Å².